The maximum Gasteiger partial charge on any atom is 0.166 e. The third kappa shape index (κ3) is 4.26. The lowest BCUT2D eigenvalue weighted by Gasteiger charge is -2.14. The van der Waals surface area contributed by atoms with Crippen LogP contribution in [0.4, 0.5) is 0 Å². The number of nitrogens with zero attached hydrogens (tertiary/aromatic N) is 4. The van der Waals surface area contributed by atoms with Crippen LogP contribution in [0.25, 0.3) is 106 Å². The molecule has 51 heavy (non-hydrogen) atoms. The van der Waals surface area contributed by atoms with E-state index in [4.69, 9.17) is 23.8 Å². The molecule has 0 aliphatic carbocycles. The molecule has 6 heteroatoms. The summed E-state index contributed by atoms with van der Waals surface area (Å²) < 4.78 is 14.6. The normalized spacial score (nSPS) is 11.9. The molecule has 0 saturated carbocycles. The molecule has 7 aromatic carbocycles. The van der Waals surface area contributed by atoms with Gasteiger partial charge in [0.25, 0.3) is 0 Å². The largest absolute Gasteiger partial charge is 0.456 e. The fourth-order valence-corrected chi connectivity index (χ4v) is 7.52. The summed E-state index contributed by atoms with van der Waals surface area (Å²) in [5.41, 5.74) is 9.23. The smallest absolute Gasteiger partial charge is 0.166 e. The predicted octanol–water partition coefficient (Wildman–Crippen LogP) is 11.8. The van der Waals surface area contributed by atoms with Gasteiger partial charge in [0.1, 0.15) is 22.3 Å². The highest BCUT2D eigenvalue weighted by Crippen LogP contribution is 2.38. The zero-order chi connectivity index (χ0) is 33.5. The second-order valence-corrected chi connectivity index (χ2v) is 12.8. The van der Waals surface area contributed by atoms with E-state index in [1.54, 1.807) is 0 Å². The molecular formula is C45H26N4O2. The Morgan fingerprint density at radius 3 is 1.35 bits per heavy atom. The molecule has 0 saturated heterocycles. The van der Waals surface area contributed by atoms with E-state index >= 15 is 0 Å². The first kappa shape index (κ1) is 27.9. The van der Waals surface area contributed by atoms with Crippen molar-refractivity contribution < 1.29 is 8.83 Å². The molecule has 0 atom stereocenters. The first-order valence-electron chi connectivity index (χ1n) is 16.9. The molecule has 11 aromatic rings. The van der Waals surface area contributed by atoms with Crippen molar-refractivity contribution in [2.45, 2.75) is 0 Å². The molecule has 0 amide bonds. The third-order valence-corrected chi connectivity index (χ3v) is 9.87. The number of para-hydroxylation sites is 5. The molecule has 0 aliphatic heterocycles. The van der Waals surface area contributed by atoms with Crippen molar-refractivity contribution in [2.24, 2.45) is 0 Å². The van der Waals surface area contributed by atoms with Gasteiger partial charge in [0, 0.05) is 49.0 Å². The highest BCUT2D eigenvalue weighted by molar-refractivity contribution is 6.10. The van der Waals surface area contributed by atoms with Crippen molar-refractivity contribution >= 4 is 65.7 Å². The average Bonchev–Trinajstić information content (AvgIpc) is 3.87. The highest BCUT2D eigenvalue weighted by atomic mass is 16.3. The molecule has 11 rings (SSSR count). The van der Waals surface area contributed by atoms with Crippen LogP contribution in [0.5, 0.6) is 0 Å². The minimum Gasteiger partial charge on any atom is -0.456 e. The van der Waals surface area contributed by atoms with Gasteiger partial charge in [-0.3, -0.25) is 0 Å². The Morgan fingerprint density at radius 2 is 0.784 bits per heavy atom. The number of fused-ring (bicyclic) bond motifs is 9. The number of rotatable bonds is 4. The van der Waals surface area contributed by atoms with Crippen molar-refractivity contribution in [1.29, 1.82) is 0 Å². The molecule has 4 aromatic heterocycles. The fourth-order valence-electron chi connectivity index (χ4n) is 7.52. The van der Waals surface area contributed by atoms with E-state index in [9.17, 15) is 0 Å². The Labute approximate surface area is 290 Å². The number of hydrogen-bond acceptors (Lipinski definition) is 5. The minimum atomic E-state index is 0.580. The molecular weight excluding hydrogens is 629 g/mol. The van der Waals surface area contributed by atoms with Crippen molar-refractivity contribution in [2.75, 3.05) is 0 Å². The maximum absolute atomic E-state index is 6.16. The third-order valence-electron chi connectivity index (χ3n) is 9.87. The van der Waals surface area contributed by atoms with Crippen LogP contribution in [0.3, 0.4) is 0 Å². The molecule has 4 heterocycles. The number of benzene rings is 7. The summed E-state index contributed by atoms with van der Waals surface area (Å²) in [6.45, 7) is 0. The van der Waals surface area contributed by atoms with Gasteiger partial charge < -0.3 is 13.4 Å². The van der Waals surface area contributed by atoms with E-state index in [0.717, 1.165) is 77.3 Å². The first-order chi connectivity index (χ1) is 25.3. The number of hydrogen-bond donors (Lipinski definition) is 0. The van der Waals surface area contributed by atoms with Gasteiger partial charge in [0.05, 0.1) is 16.7 Å². The number of aromatic nitrogens is 4. The monoisotopic (exact) mass is 654 g/mol. The van der Waals surface area contributed by atoms with Gasteiger partial charge in [-0.05, 0) is 72.8 Å². The van der Waals surface area contributed by atoms with Crippen LogP contribution in [0.1, 0.15) is 0 Å². The van der Waals surface area contributed by atoms with Gasteiger partial charge in [-0.25, -0.2) is 15.0 Å². The maximum atomic E-state index is 6.16. The Balaban J connectivity index is 1.18. The zero-order valence-electron chi connectivity index (χ0n) is 27.1. The Morgan fingerprint density at radius 1 is 0.353 bits per heavy atom. The lowest BCUT2D eigenvalue weighted by molar-refractivity contribution is 0.668. The quantitative estimate of drug-likeness (QED) is 0.189. The molecule has 0 spiro atoms. The van der Waals surface area contributed by atoms with Gasteiger partial charge in [-0.1, -0.05) is 84.9 Å². The van der Waals surface area contributed by atoms with Crippen LogP contribution in [-0.2, 0) is 0 Å². The molecule has 238 valence electrons. The SMILES string of the molecule is c1ccc(-n2c3ccccc3c3ccccc32)c(-c2nc(-c3ccc4oc5ccccc5c4c3)nc(-c3ccc4oc5ccccc5c4c3)n2)c1. The summed E-state index contributed by atoms with van der Waals surface area (Å²) in [6.07, 6.45) is 0. The Bertz CT molecular complexity index is 2980. The number of furan rings is 2. The minimum absolute atomic E-state index is 0.580. The average molecular weight is 655 g/mol. The summed E-state index contributed by atoms with van der Waals surface area (Å²) in [5, 5.41) is 6.53. The summed E-state index contributed by atoms with van der Waals surface area (Å²) in [4.78, 5) is 15.6. The molecule has 0 radical (unpaired) electrons. The van der Waals surface area contributed by atoms with Crippen LogP contribution < -0.4 is 0 Å². The standard InChI is InChI=1S/C45H26N4O2/c1-6-16-36-29(11-1)30-12-2-7-17-37(30)49(36)38-18-8-3-15-33(38)45-47-43(27-21-23-41-34(25-27)31-13-4-9-19-39(31)50-41)46-44(48-45)28-22-24-42-35(26-28)32-14-5-10-20-40(32)51-42/h1-26H. The van der Waals surface area contributed by atoms with Crippen LogP contribution in [0, 0.1) is 0 Å². The molecule has 0 unspecified atom stereocenters. The van der Waals surface area contributed by atoms with Gasteiger partial charge in [-0.15, -0.1) is 0 Å². The molecule has 0 N–H and O–H groups in total. The summed E-state index contributed by atoms with van der Waals surface area (Å²) >= 11 is 0. The summed E-state index contributed by atoms with van der Waals surface area (Å²) in [5.74, 6) is 1.74. The summed E-state index contributed by atoms with van der Waals surface area (Å²) in [6, 6.07) is 53.9. The van der Waals surface area contributed by atoms with Gasteiger partial charge >= 0.3 is 0 Å². The van der Waals surface area contributed by atoms with Gasteiger partial charge in [-0.2, -0.15) is 0 Å². The van der Waals surface area contributed by atoms with E-state index in [1.807, 2.05) is 66.7 Å². The molecule has 0 bridgehead atoms. The van der Waals surface area contributed by atoms with E-state index in [0.29, 0.717) is 17.5 Å². The lowest BCUT2D eigenvalue weighted by Crippen LogP contribution is -2.03. The second-order valence-electron chi connectivity index (χ2n) is 12.8. The van der Waals surface area contributed by atoms with E-state index in [1.165, 1.54) is 10.8 Å². The summed E-state index contributed by atoms with van der Waals surface area (Å²) in [7, 11) is 0. The fraction of sp³-hybridized carbons (Fsp3) is 0. The van der Waals surface area contributed by atoms with Crippen LogP contribution in [0.15, 0.2) is 167 Å². The van der Waals surface area contributed by atoms with Crippen molar-refractivity contribution in [3.05, 3.63) is 158 Å². The van der Waals surface area contributed by atoms with Gasteiger partial charge in [0.15, 0.2) is 17.5 Å². The highest BCUT2D eigenvalue weighted by Gasteiger charge is 2.20. The Kier molecular flexibility index (Phi) is 5.86. The topological polar surface area (TPSA) is 69.9 Å². The predicted molar refractivity (Wildman–Crippen MR) is 205 cm³/mol. The molecule has 0 fully saturated rings. The van der Waals surface area contributed by atoms with Crippen LogP contribution in [0.2, 0.25) is 0 Å². The second kappa shape index (κ2) is 10.7. The van der Waals surface area contributed by atoms with Gasteiger partial charge in [0.2, 0.25) is 0 Å². The van der Waals surface area contributed by atoms with Crippen molar-refractivity contribution in [1.82, 2.24) is 19.5 Å². The van der Waals surface area contributed by atoms with Crippen molar-refractivity contribution in [3.63, 3.8) is 0 Å². The van der Waals surface area contributed by atoms with E-state index in [2.05, 4.69) is 95.6 Å². The first-order valence-corrected chi connectivity index (χ1v) is 16.9. The zero-order valence-corrected chi connectivity index (χ0v) is 27.1. The van der Waals surface area contributed by atoms with Crippen molar-refractivity contribution in [3.8, 4) is 39.9 Å². The van der Waals surface area contributed by atoms with Crippen LogP contribution in [-0.4, -0.2) is 19.5 Å². The lowest BCUT2D eigenvalue weighted by atomic mass is 10.1. The van der Waals surface area contributed by atoms with E-state index < -0.39 is 0 Å². The van der Waals surface area contributed by atoms with E-state index in [-0.39, 0.29) is 0 Å². The molecule has 6 nitrogen and oxygen atoms in total. The van der Waals surface area contributed by atoms with Crippen LogP contribution >= 0.6 is 0 Å². The Hall–Kier alpha value is -7.05. The molecule has 0 aliphatic rings.